The number of aryl methyl sites for hydroxylation is 1. The van der Waals surface area contributed by atoms with Crippen molar-refractivity contribution < 1.29 is 4.79 Å². The number of likely N-dealkylation sites (tertiary alicyclic amines) is 2. The Morgan fingerprint density at radius 2 is 1.83 bits per heavy atom. The summed E-state index contributed by atoms with van der Waals surface area (Å²) in [6, 6.07) is 4.77. The predicted molar refractivity (Wildman–Crippen MR) is 118 cm³/mol. The fourth-order valence-corrected chi connectivity index (χ4v) is 5.73. The summed E-state index contributed by atoms with van der Waals surface area (Å²) in [7, 11) is 1.98. The molecule has 3 fully saturated rings. The largest absolute Gasteiger partial charge is 0.347 e. The number of carbonyl (C=O) groups excluding carboxylic acids is 1. The zero-order valence-corrected chi connectivity index (χ0v) is 18.4. The second kappa shape index (κ2) is 10.1. The van der Waals surface area contributed by atoms with Crippen LogP contribution in [0.25, 0.3) is 0 Å². The van der Waals surface area contributed by atoms with Crippen molar-refractivity contribution >= 4 is 5.91 Å². The van der Waals surface area contributed by atoms with Gasteiger partial charge in [-0.1, -0.05) is 19.3 Å². The van der Waals surface area contributed by atoms with E-state index in [1.54, 1.807) is 0 Å². The lowest BCUT2D eigenvalue weighted by Crippen LogP contribution is -2.48. The smallest absolute Gasteiger partial charge is 0.270 e. The van der Waals surface area contributed by atoms with E-state index in [9.17, 15) is 4.79 Å². The highest BCUT2D eigenvalue weighted by Crippen LogP contribution is 2.28. The molecule has 2 aliphatic heterocycles. The molecule has 0 radical (unpaired) electrons. The van der Waals surface area contributed by atoms with Gasteiger partial charge < -0.3 is 19.3 Å². The Labute approximate surface area is 177 Å². The van der Waals surface area contributed by atoms with E-state index in [2.05, 4.69) is 14.7 Å². The van der Waals surface area contributed by atoms with Crippen LogP contribution in [-0.2, 0) is 7.05 Å². The van der Waals surface area contributed by atoms with E-state index in [0.29, 0.717) is 5.92 Å². The third kappa shape index (κ3) is 5.43. The Morgan fingerprint density at radius 3 is 2.55 bits per heavy atom. The molecule has 3 heterocycles. The average molecular weight is 401 g/mol. The van der Waals surface area contributed by atoms with Crippen LogP contribution in [-0.4, -0.2) is 77.0 Å². The average Bonchev–Trinajstić information content (AvgIpc) is 3.43. The van der Waals surface area contributed by atoms with E-state index in [0.717, 1.165) is 31.4 Å². The Bertz CT molecular complexity index is 645. The molecule has 1 aliphatic carbocycles. The number of nitrogens with zero attached hydrogens (tertiary/aromatic N) is 4. The van der Waals surface area contributed by atoms with Crippen LogP contribution >= 0.6 is 0 Å². The van der Waals surface area contributed by atoms with Crippen molar-refractivity contribution in [2.75, 3.05) is 45.8 Å². The van der Waals surface area contributed by atoms with E-state index < -0.39 is 0 Å². The molecule has 1 aromatic rings. The van der Waals surface area contributed by atoms with Crippen molar-refractivity contribution in [3.63, 3.8) is 0 Å². The second-order valence-corrected chi connectivity index (χ2v) is 9.60. The molecule has 0 aromatic carbocycles. The highest BCUT2D eigenvalue weighted by Gasteiger charge is 2.30. The molecule has 1 saturated carbocycles. The van der Waals surface area contributed by atoms with Gasteiger partial charge in [0, 0.05) is 45.5 Å². The third-order valence-electron chi connectivity index (χ3n) is 7.46. The van der Waals surface area contributed by atoms with Gasteiger partial charge in [0.2, 0.25) is 0 Å². The summed E-state index contributed by atoms with van der Waals surface area (Å²) in [5.74, 6) is 0.836. The minimum Gasteiger partial charge on any atom is -0.347 e. The standard InChI is InChI=1S/C24H40N4O/c1-25-13-8-12-23(25)24(29)28(18-17-26-14-5-2-6-15-26)20-21-9-7-16-27(19-21)22-10-3-4-11-22/h8,12-13,21-22H,2-7,9-11,14-20H2,1H3/t21-/m1/s1. The molecule has 1 atom stereocenters. The summed E-state index contributed by atoms with van der Waals surface area (Å²) in [5.41, 5.74) is 0.826. The summed E-state index contributed by atoms with van der Waals surface area (Å²) < 4.78 is 1.97. The van der Waals surface area contributed by atoms with E-state index in [4.69, 9.17) is 0 Å². The van der Waals surface area contributed by atoms with Crippen molar-refractivity contribution in [1.29, 1.82) is 0 Å². The lowest BCUT2D eigenvalue weighted by molar-refractivity contribution is 0.0601. The lowest BCUT2D eigenvalue weighted by Gasteiger charge is -2.39. The first-order valence-corrected chi connectivity index (χ1v) is 12.1. The summed E-state index contributed by atoms with van der Waals surface area (Å²) in [6.07, 6.45) is 14.1. The number of hydrogen-bond acceptors (Lipinski definition) is 3. The molecule has 0 spiro atoms. The normalized spacial score (nSPS) is 24.8. The van der Waals surface area contributed by atoms with Crippen LogP contribution in [0.1, 0.15) is 68.3 Å². The summed E-state index contributed by atoms with van der Waals surface area (Å²) in [6.45, 7) is 7.66. The maximum absolute atomic E-state index is 13.4. The molecule has 2 saturated heterocycles. The van der Waals surface area contributed by atoms with Crippen LogP contribution in [0.5, 0.6) is 0 Å². The minimum atomic E-state index is 0.215. The first-order valence-electron chi connectivity index (χ1n) is 12.1. The first-order chi connectivity index (χ1) is 14.2. The summed E-state index contributed by atoms with van der Waals surface area (Å²) in [5, 5.41) is 0. The van der Waals surface area contributed by atoms with Gasteiger partial charge in [-0.25, -0.2) is 0 Å². The highest BCUT2D eigenvalue weighted by molar-refractivity contribution is 5.92. The van der Waals surface area contributed by atoms with Crippen LogP contribution in [0.15, 0.2) is 18.3 Å². The summed E-state index contributed by atoms with van der Waals surface area (Å²) in [4.78, 5) is 20.9. The molecule has 0 bridgehead atoms. The van der Waals surface area contributed by atoms with Gasteiger partial charge in [-0.05, 0) is 76.2 Å². The van der Waals surface area contributed by atoms with Gasteiger partial charge in [0.15, 0.2) is 0 Å². The first kappa shape index (κ1) is 20.9. The Hall–Kier alpha value is -1.33. The number of aromatic nitrogens is 1. The van der Waals surface area contributed by atoms with Gasteiger partial charge in [-0.15, -0.1) is 0 Å². The molecule has 0 unspecified atom stereocenters. The van der Waals surface area contributed by atoms with Crippen molar-refractivity contribution in [1.82, 2.24) is 19.3 Å². The van der Waals surface area contributed by atoms with Gasteiger partial charge in [0.05, 0.1) is 0 Å². The zero-order valence-electron chi connectivity index (χ0n) is 18.4. The van der Waals surface area contributed by atoms with Gasteiger partial charge in [0.25, 0.3) is 5.91 Å². The number of piperidine rings is 2. The maximum atomic E-state index is 13.4. The minimum absolute atomic E-state index is 0.215. The van der Waals surface area contributed by atoms with Crippen molar-refractivity contribution in [3.05, 3.63) is 24.0 Å². The van der Waals surface area contributed by atoms with E-state index in [1.807, 2.05) is 29.9 Å². The number of hydrogen-bond donors (Lipinski definition) is 0. The van der Waals surface area contributed by atoms with E-state index >= 15 is 0 Å². The van der Waals surface area contributed by atoms with Crippen molar-refractivity contribution in [2.24, 2.45) is 13.0 Å². The summed E-state index contributed by atoms with van der Waals surface area (Å²) >= 11 is 0. The molecule has 1 amide bonds. The molecule has 3 aliphatic rings. The van der Waals surface area contributed by atoms with Gasteiger partial charge >= 0.3 is 0 Å². The maximum Gasteiger partial charge on any atom is 0.270 e. The molecule has 29 heavy (non-hydrogen) atoms. The van der Waals surface area contributed by atoms with Crippen molar-refractivity contribution in [2.45, 2.75) is 63.8 Å². The van der Waals surface area contributed by atoms with Gasteiger partial charge in [-0.3, -0.25) is 4.79 Å². The number of amides is 1. The fourth-order valence-electron chi connectivity index (χ4n) is 5.73. The van der Waals surface area contributed by atoms with Gasteiger partial charge in [-0.2, -0.15) is 0 Å². The van der Waals surface area contributed by atoms with Crippen LogP contribution in [0.4, 0.5) is 0 Å². The predicted octanol–water partition coefficient (Wildman–Crippen LogP) is 3.61. The molecule has 5 nitrogen and oxygen atoms in total. The molecule has 1 aromatic heterocycles. The molecule has 0 N–H and O–H groups in total. The zero-order chi connectivity index (χ0) is 20.1. The molecule has 4 rings (SSSR count). The quantitative estimate of drug-likeness (QED) is 0.701. The second-order valence-electron chi connectivity index (χ2n) is 9.60. The Morgan fingerprint density at radius 1 is 1.03 bits per heavy atom. The topological polar surface area (TPSA) is 31.7 Å². The monoisotopic (exact) mass is 400 g/mol. The van der Waals surface area contributed by atoms with Crippen molar-refractivity contribution in [3.8, 4) is 0 Å². The van der Waals surface area contributed by atoms with Gasteiger partial charge in [0.1, 0.15) is 5.69 Å². The van der Waals surface area contributed by atoms with Crippen LogP contribution in [0.3, 0.4) is 0 Å². The molecule has 162 valence electrons. The third-order valence-corrected chi connectivity index (χ3v) is 7.46. The number of rotatable bonds is 7. The Balaban J connectivity index is 1.39. The SMILES string of the molecule is Cn1cccc1C(=O)N(CCN1CCCCC1)C[C@@H]1CCCN(C2CCCC2)C1. The fraction of sp³-hybridized carbons (Fsp3) is 0.792. The van der Waals surface area contributed by atoms with Crippen LogP contribution in [0, 0.1) is 5.92 Å². The molecular weight excluding hydrogens is 360 g/mol. The number of carbonyl (C=O) groups is 1. The molecular formula is C24H40N4O. The highest BCUT2D eigenvalue weighted by atomic mass is 16.2. The lowest BCUT2D eigenvalue weighted by atomic mass is 9.95. The van der Waals surface area contributed by atoms with E-state index in [1.165, 1.54) is 84.0 Å². The van der Waals surface area contributed by atoms with Crippen LogP contribution in [0.2, 0.25) is 0 Å². The molecule has 5 heteroatoms. The van der Waals surface area contributed by atoms with Crippen LogP contribution < -0.4 is 0 Å². The van der Waals surface area contributed by atoms with E-state index in [-0.39, 0.29) is 5.91 Å². The Kier molecular flexibility index (Phi) is 7.30.